The Morgan fingerprint density at radius 2 is 0.829 bits per heavy atom. The van der Waals surface area contributed by atoms with Crippen LogP contribution in [0.25, 0.3) is 0 Å². The van der Waals surface area contributed by atoms with E-state index in [1.807, 2.05) is 0 Å². The van der Waals surface area contributed by atoms with Gasteiger partial charge in [-0.25, -0.2) is 0 Å². The van der Waals surface area contributed by atoms with E-state index in [0.717, 1.165) is 44.9 Å². The number of ether oxygens (including phenoxy) is 4. The lowest BCUT2D eigenvalue weighted by Crippen LogP contribution is -2.59. The molecule has 0 spiro atoms. The van der Waals surface area contributed by atoms with Gasteiger partial charge in [-0.1, -0.05) is 236 Å². The number of unbranched alkanes of at least 4 members (excludes halogenated alkanes) is 33. The minimum atomic E-state index is -1.54. The van der Waals surface area contributed by atoms with Gasteiger partial charge in [0, 0.05) is 13.0 Å². The molecule has 1 fully saturated rings. The molecule has 0 aromatic carbocycles. The summed E-state index contributed by atoms with van der Waals surface area (Å²) in [6.45, 7) is 4.57. The number of hydrogen-bond acceptors (Lipinski definition) is 9. The van der Waals surface area contributed by atoms with Crippen molar-refractivity contribution in [3.63, 3.8) is 0 Å². The number of hydrogen-bond donors (Lipinski definition) is 4. The largest absolute Gasteiger partial charge is 0.457 e. The van der Waals surface area contributed by atoms with Crippen molar-refractivity contribution in [3.05, 3.63) is 48.6 Å². The third-order valence-electron chi connectivity index (χ3n) is 13.7. The average molecular weight is 990 g/mol. The molecule has 0 bridgehead atoms. The van der Waals surface area contributed by atoms with Gasteiger partial charge in [0.25, 0.3) is 0 Å². The second-order valence-electron chi connectivity index (χ2n) is 20.4. The van der Waals surface area contributed by atoms with Crippen LogP contribution < -0.4 is 0 Å². The van der Waals surface area contributed by atoms with Gasteiger partial charge in [0.2, 0.25) is 0 Å². The zero-order valence-electron chi connectivity index (χ0n) is 45.5. The van der Waals surface area contributed by atoms with Gasteiger partial charge in [-0.3, -0.25) is 4.79 Å². The third-order valence-corrected chi connectivity index (χ3v) is 13.7. The lowest BCUT2D eigenvalue weighted by Gasteiger charge is -2.39. The molecule has 70 heavy (non-hydrogen) atoms. The molecule has 0 saturated carbocycles. The molecular formula is C61H112O9. The number of aliphatic hydroxyl groups excluding tert-OH is 4. The van der Waals surface area contributed by atoms with Crippen molar-refractivity contribution >= 4 is 5.97 Å². The first-order valence-electron chi connectivity index (χ1n) is 29.7. The van der Waals surface area contributed by atoms with Gasteiger partial charge in [0.05, 0.1) is 19.8 Å². The maximum absolute atomic E-state index is 12.9. The second-order valence-corrected chi connectivity index (χ2v) is 20.4. The molecule has 0 aromatic heterocycles. The summed E-state index contributed by atoms with van der Waals surface area (Å²) < 4.78 is 23.0. The molecule has 0 aromatic rings. The summed E-state index contributed by atoms with van der Waals surface area (Å²) in [5, 5.41) is 40.4. The number of carbonyl (C=O) groups is 1. The van der Waals surface area contributed by atoms with Gasteiger partial charge in [-0.05, 0) is 77.0 Å². The van der Waals surface area contributed by atoms with Crippen molar-refractivity contribution in [2.45, 2.75) is 307 Å². The normalized spacial score (nSPS) is 19.2. The van der Waals surface area contributed by atoms with Crippen LogP contribution in [0.3, 0.4) is 0 Å². The van der Waals surface area contributed by atoms with Crippen LogP contribution in [0, 0.1) is 0 Å². The molecule has 4 N–H and O–H groups in total. The van der Waals surface area contributed by atoms with Crippen molar-refractivity contribution in [3.8, 4) is 0 Å². The Morgan fingerprint density at radius 1 is 0.457 bits per heavy atom. The second kappa shape index (κ2) is 52.0. The zero-order chi connectivity index (χ0) is 50.6. The van der Waals surface area contributed by atoms with Crippen LogP contribution >= 0.6 is 0 Å². The molecule has 1 heterocycles. The Labute approximate surface area is 431 Å². The Hall–Kier alpha value is -1.85. The number of allylic oxidation sites excluding steroid dienone is 8. The van der Waals surface area contributed by atoms with Gasteiger partial charge < -0.3 is 39.4 Å². The highest BCUT2D eigenvalue weighted by Crippen LogP contribution is 2.23. The molecule has 0 amide bonds. The van der Waals surface area contributed by atoms with Crippen LogP contribution in [0.5, 0.6) is 0 Å². The minimum Gasteiger partial charge on any atom is -0.457 e. The number of carbonyl (C=O) groups excluding carboxylic acids is 1. The lowest BCUT2D eigenvalue weighted by atomic mass is 9.99. The van der Waals surface area contributed by atoms with E-state index in [0.29, 0.717) is 13.0 Å². The summed E-state index contributed by atoms with van der Waals surface area (Å²) in [7, 11) is 0. The Morgan fingerprint density at radius 3 is 1.23 bits per heavy atom. The SMILES string of the molecule is CCCCCCC/C=C\C/C=C\CCCCCCCCCCCCCCOCC(COC1OC(CO)C(O)C(O)C1O)OC(=O)CCCCCCCCCCCCC/C=C\C/C=C\CCCCCCC. The summed E-state index contributed by atoms with van der Waals surface area (Å²) in [4.78, 5) is 12.9. The Kier molecular flexibility index (Phi) is 49.2. The maximum Gasteiger partial charge on any atom is 0.306 e. The van der Waals surface area contributed by atoms with E-state index in [4.69, 9.17) is 18.9 Å². The van der Waals surface area contributed by atoms with Crippen molar-refractivity contribution in [1.82, 2.24) is 0 Å². The van der Waals surface area contributed by atoms with Crippen LogP contribution in [0.1, 0.15) is 271 Å². The summed E-state index contributed by atoms with van der Waals surface area (Å²) in [6, 6.07) is 0. The van der Waals surface area contributed by atoms with Gasteiger partial charge in [0.15, 0.2) is 6.29 Å². The molecular weight excluding hydrogens is 877 g/mol. The molecule has 1 rings (SSSR count). The van der Waals surface area contributed by atoms with Crippen LogP contribution in [0.2, 0.25) is 0 Å². The fourth-order valence-corrected chi connectivity index (χ4v) is 9.08. The monoisotopic (exact) mass is 989 g/mol. The van der Waals surface area contributed by atoms with E-state index in [-0.39, 0.29) is 19.2 Å². The molecule has 6 atom stereocenters. The van der Waals surface area contributed by atoms with Crippen LogP contribution in [-0.4, -0.2) is 89.6 Å². The average Bonchev–Trinajstić information content (AvgIpc) is 3.36. The van der Waals surface area contributed by atoms with Gasteiger partial charge in [0.1, 0.15) is 30.5 Å². The molecule has 6 unspecified atom stereocenters. The van der Waals surface area contributed by atoms with Crippen LogP contribution in [0.4, 0.5) is 0 Å². The van der Waals surface area contributed by atoms with Crippen LogP contribution in [-0.2, 0) is 23.7 Å². The molecule has 1 aliphatic heterocycles. The van der Waals surface area contributed by atoms with Gasteiger partial charge in [-0.15, -0.1) is 0 Å². The molecule has 9 nitrogen and oxygen atoms in total. The first kappa shape index (κ1) is 66.2. The zero-order valence-corrected chi connectivity index (χ0v) is 45.5. The van der Waals surface area contributed by atoms with Gasteiger partial charge in [-0.2, -0.15) is 0 Å². The fraction of sp³-hybridized carbons (Fsp3) is 0.852. The standard InChI is InChI=1S/C61H112O9/c1-3-5-7-9-11-13-15-17-19-21-23-25-27-29-31-33-35-37-39-41-43-45-47-49-51-67-53-55(54-68-61-60(66)59(65)58(64)56(52-62)70-61)69-57(63)50-48-46-44-42-40-38-36-34-32-30-28-26-24-22-20-18-16-14-12-10-8-6-4-2/h15-18,21-24,55-56,58-62,64-66H,3-14,19-20,25-54H2,1-2H3/b17-15-,18-16-,23-21-,24-22-. The first-order chi connectivity index (χ1) is 34.4. The topological polar surface area (TPSA) is 135 Å². The predicted molar refractivity (Wildman–Crippen MR) is 293 cm³/mol. The predicted octanol–water partition coefficient (Wildman–Crippen LogP) is 15.6. The summed E-state index contributed by atoms with van der Waals surface area (Å²) in [5.41, 5.74) is 0. The van der Waals surface area contributed by atoms with E-state index in [1.54, 1.807) is 0 Å². The van der Waals surface area contributed by atoms with Crippen molar-refractivity contribution < 1.29 is 44.2 Å². The molecule has 9 heteroatoms. The fourth-order valence-electron chi connectivity index (χ4n) is 9.08. The van der Waals surface area contributed by atoms with E-state index in [2.05, 4.69) is 62.5 Å². The Balaban J connectivity index is 2.14. The third kappa shape index (κ3) is 41.6. The highest BCUT2D eigenvalue weighted by Gasteiger charge is 2.44. The smallest absolute Gasteiger partial charge is 0.306 e. The maximum atomic E-state index is 12.9. The molecule has 410 valence electrons. The Bertz CT molecular complexity index is 1220. The number of rotatable bonds is 52. The number of esters is 1. The molecule has 0 aliphatic carbocycles. The minimum absolute atomic E-state index is 0.114. The van der Waals surface area contributed by atoms with Gasteiger partial charge >= 0.3 is 5.97 Å². The lowest BCUT2D eigenvalue weighted by molar-refractivity contribution is -0.305. The first-order valence-corrected chi connectivity index (χ1v) is 29.7. The highest BCUT2D eigenvalue weighted by atomic mass is 16.7. The molecule has 0 radical (unpaired) electrons. The molecule has 1 saturated heterocycles. The quantitative estimate of drug-likeness (QED) is 0.0267. The highest BCUT2D eigenvalue weighted by molar-refractivity contribution is 5.69. The van der Waals surface area contributed by atoms with Crippen molar-refractivity contribution in [2.24, 2.45) is 0 Å². The summed E-state index contributed by atoms with van der Waals surface area (Å²) in [5.74, 6) is -0.313. The van der Waals surface area contributed by atoms with E-state index in [9.17, 15) is 25.2 Å². The summed E-state index contributed by atoms with van der Waals surface area (Å²) >= 11 is 0. The van der Waals surface area contributed by atoms with Crippen molar-refractivity contribution in [1.29, 1.82) is 0 Å². The number of aliphatic hydroxyl groups is 4. The van der Waals surface area contributed by atoms with E-state index >= 15 is 0 Å². The van der Waals surface area contributed by atoms with Crippen molar-refractivity contribution in [2.75, 3.05) is 26.4 Å². The van der Waals surface area contributed by atoms with E-state index < -0.39 is 43.4 Å². The molecule has 1 aliphatic rings. The van der Waals surface area contributed by atoms with E-state index in [1.165, 1.54) is 205 Å². The summed E-state index contributed by atoms with van der Waals surface area (Å²) in [6.07, 6.45) is 60.1. The van der Waals surface area contributed by atoms with Crippen LogP contribution in [0.15, 0.2) is 48.6 Å².